The number of hydrogen-bond acceptors (Lipinski definition) is 5. The molecule has 0 heterocycles. The minimum atomic E-state index is -0.689. The van der Waals surface area contributed by atoms with E-state index in [1.54, 1.807) is 25.1 Å². The SMILES string of the molecule is Cc1cccc(NC(=O)CNC(=O)COC(=O)c2cccc(C)c2N)c1C. The van der Waals surface area contributed by atoms with E-state index in [-0.39, 0.29) is 18.0 Å². The van der Waals surface area contributed by atoms with E-state index in [0.29, 0.717) is 11.4 Å². The second-order valence-corrected chi connectivity index (χ2v) is 6.18. The fourth-order valence-electron chi connectivity index (χ4n) is 2.38. The molecule has 0 atom stereocenters. The van der Waals surface area contributed by atoms with Gasteiger partial charge < -0.3 is 21.1 Å². The molecule has 0 aromatic heterocycles. The molecule has 2 rings (SSSR count). The van der Waals surface area contributed by atoms with Crippen LogP contribution in [-0.4, -0.2) is 30.9 Å². The average molecular weight is 369 g/mol. The van der Waals surface area contributed by atoms with E-state index < -0.39 is 18.5 Å². The highest BCUT2D eigenvalue weighted by Crippen LogP contribution is 2.18. The number of carbonyl (C=O) groups is 3. The van der Waals surface area contributed by atoms with Crippen LogP contribution in [0, 0.1) is 20.8 Å². The molecule has 4 N–H and O–H groups in total. The molecular weight excluding hydrogens is 346 g/mol. The van der Waals surface area contributed by atoms with Gasteiger partial charge in [-0.1, -0.05) is 24.3 Å². The van der Waals surface area contributed by atoms with Crippen molar-refractivity contribution in [3.05, 3.63) is 58.7 Å². The van der Waals surface area contributed by atoms with Crippen LogP contribution in [0.15, 0.2) is 36.4 Å². The molecule has 2 aromatic rings. The van der Waals surface area contributed by atoms with Crippen molar-refractivity contribution in [3.8, 4) is 0 Å². The predicted molar refractivity (Wildman–Crippen MR) is 103 cm³/mol. The maximum atomic E-state index is 12.0. The van der Waals surface area contributed by atoms with Crippen LogP contribution in [0.25, 0.3) is 0 Å². The van der Waals surface area contributed by atoms with Crippen LogP contribution in [0.2, 0.25) is 0 Å². The first kappa shape index (κ1) is 20.0. The van der Waals surface area contributed by atoms with Crippen LogP contribution < -0.4 is 16.4 Å². The number of esters is 1. The van der Waals surface area contributed by atoms with Crippen LogP contribution in [-0.2, 0) is 14.3 Å². The van der Waals surface area contributed by atoms with E-state index in [1.165, 1.54) is 6.07 Å². The Morgan fingerprint density at radius 1 is 0.963 bits per heavy atom. The number of nitrogens with two attached hydrogens (primary N) is 1. The minimum Gasteiger partial charge on any atom is -0.452 e. The summed E-state index contributed by atoms with van der Waals surface area (Å²) in [5.41, 5.74) is 9.80. The molecule has 0 aliphatic rings. The Labute approximate surface area is 157 Å². The first-order valence-corrected chi connectivity index (χ1v) is 8.44. The quantitative estimate of drug-likeness (QED) is 0.533. The third-order valence-electron chi connectivity index (χ3n) is 4.20. The highest BCUT2D eigenvalue weighted by Gasteiger charge is 2.15. The number of para-hydroxylation sites is 1. The fraction of sp³-hybridized carbons (Fsp3) is 0.250. The van der Waals surface area contributed by atoms with Crippen LogP contribution >= 0.6 is 0 Å². The summed E-state index contributed by atoms with van der Waals surface area (Å²) in [7, 11) is 0. The van der Waals surface area contributed by atoms with Crippen molar-refractivity contribution in [1.82, 2.24) is 5.32 Å². The van der Waals surface area contributed by atoms with Crippen LogP contribution in [0.1, 0.15) is 27.0 Å². The number of nitrogens with one attached hydrogen (secondary N) is 2. The Morgan fingerprint density at radius 2 is 1.63 bits per heavy atom. The van der Waals surface area contributed by atoms with Crippen molar-refractivity contribution in [2.24, 2.45) is 0 Å². The molecule has 0 aliphatic carbocycles. The average Bonchev–Trinajstić information content (AvgIpc) is 2.64. The first-order chi connectivity index (χ1) is 12.8. The van der Waals surface area contributed by atoms with Gasteiger partial charge in [-0.05, 0) is 49.6 Å². The number of rotatable bonds is 6. The smallest absolute Gasteiger partial charge is 0.340 e. The van der Waals surface area contributed by atoms with Gasteiger partial charge in [0.1, 0.15) is 0 Å². The molecule has 0 spiro atoms. The standard InChI is InChI=1S/C20H23N3O4/c1-12-6-5-9-16(14(12)3)23-17(24)10-22-18(25)11-27-20(26)15-8-4-7-13(2)19(15)21/h4-9H,10-11,21H2,1-3H3,(H,22,25)(H,23,24). The zero-order chi connectivity index (χ0) is 20.0. The molecule has 2 aromatic carbocycles. The summed E-state index contributed by atoms with van der Waals surface area (Å²) >= 11 is 0. The predicted octanol–water partition coefficient (Wildman–Crippen LogP) is 2.11. The van der Waals surface area contributed by atoms with E-state index in [4.69, 9.17) is 10.5 Å². The van der Waals surface area contributed by atoms with Crippen molar-refractivity contribution in [1.29, 1.82) is 0 Å². The number of carbonyl (C=O) groups excluding carboxylic acids is 3. The topological polar surface area (TPSA) is 111 Å². The Kier molecular flexibility index (Phi) is 6.54. The number of ether oxygens (including phenoxy) is 1. The van der Waals surface area contributed by atoms with Gasteiger partial charge in [-0.3, -0.25) is 9.59 Å². The van der Waals surface area contributed by atoms with Gasteiger partial charge in [-0.25, -0.2) is 4.79 Å². The number of benzene rings is 2. The van der Waals surface area contributed by atoms with Gasteiger partial charge in [0.15, 0.2) is 6.61 Å². The molecule has 0 saturated carbocycles. The third kappa shape index (κ3) is 5.31. The summed E-state index contributed by atoms with van der Waals surface area (Å²) in [4.78, 5) is 35.8. The molecule has 0 fully saturated rings. The summed E-state index contributed by atoms with van der Waals surface area (Å²) in [6.45, 7) is 4.90. The lowest BCUT2D eigenvalue weighted by Gasteiger charge is -2.11. The lowest BCUT2D eigenvalue weighted by molar-refractivity contribution is -0.126. The lowest BCUT2D eigenvalue weighted by atomic mass is 10.1. The van der Waals surface area contributed by atoms with Crippen molar-refractivity contribution in [3.63, 3.8) is 0 Å². The fourth-order valence-corrected chi connectivity index (χ4v) is 2.38. The monoisotopic (exact) mass is 369 g/mol. The van der Waals surface area contributed by atoms with Crippen molar-refractivity contribution in [2.45, 2.75) is 20.8 Å². The second-order valence-electron chi connectivity index (χ2n) is 6.18. The Balaban J connectivity index is 1.80. The largest absolute Gasteiger partial charge is 0.452 e. The number of amides is 2. The minimum absolute atomic E-state index is 0.204. The van der Waals surface area contributed by atoms with E-state index >= 15 is 0 Å². The highest BCUT2D eigenvalue weighted by atomic mass is 16.5. The molecule has 0 radical (unpaired) electrons. The van der Waals surface area contributed by atoms with Gasteiger partial charge in [-0.15, -0.1) is 0 Å². The number of aryl methyl sites for hydroxylation is 2. The second kappa shape index (κ2) is 8.84. The maximum Gasteiger partial charge on any atom is 0.340 e. The van der Waals surface area contributed by atoms with Gasteiger partial charge in [0.2, 0.25) is 5.91 Å². The van der Waals surface area contributed by atoms with Gasteiger partial charge in [0, 0.05) is 11.4 Å². The number of nitrogen functional groups attached to an aromatic ring is 1. The molecule has 2 amide bonds. The molecule has 7 heteroatoms. The molecule has 0 aliphatic heterocycles. The van der Waals surface area contributed by atoms with Crippen molar-refractivity contribution < 1.29 is 19.1 Å². The zero-order valence-corrected chi connectivity index (χ0v) is 15.6. The summed E-state index contributed by atoms with van der Waals surface area (Å²) in [5, 5.41) is 5.14. The summed E-state index contributed by atoms with van der Waals surface area (Å²) in [5.74, 6) is -1.64. The van der Waals surface area contributed by atoms with E-state index in [0.717, 1.165) is 16.7 Å². The molecule has 0 unspecified atom stereocenters. The first-order valence-electron chi connectivity index (χ1n) is 8.44. The summed E-state index contributed by atoms with van der Waals surface area (Å²) in [6.07, 6.45) is 0. The zero-order valence-electron chi connectivity index (χ0n) is 15.6. The molecular formula is C20H23N3O4. The van der Waals surface area contributed by atoms with Crippen LogP contribution in [0.3, 0.4) is 0 Å². The molecule has 7 nitrogen and oxygen atoms in total. The Morgan fingerprint density at radius 3 is 2.37 bits per heavy atom. The van der Waals surface area contributed by atoms with Crippen LogP contribution in [0.5, 0.6) is 0 Å². The number of hydrogen-bond donors (Lipinski definition) is 3. The molecule has 0 bridgehead atoms. The molecule has 0 saturated heterocycles. The van der Waals surface area contributed by atoms with Gasteiger partial charge >= 0.3 is 5.97 Å². The maximum absolute atomic E-state index is 12.0. The Hall–Kier alpha value is -3.35. The van der Waals surface area contributed by atoms with E-state index in [2.05, 4.69) is 10.6 Å². The Bertz CT molecular complexity index is 878. The highest BCUT2D eigenvalue weighted by molar-refractivity contribution is 5.98. The summed E-state index contributed by atoms with van der Waals surface area (Å²) < 4.78 is 4.95. The number of anilines is 2. The van der Waals surface area contributed by atoms with Gasteiger partial charge in [0.05, 0.1) is 12.1 Å². The van der Waals surface area contributed by atoms with Gasteiger partial charge in [-0.2, -0.15) is 0 Å². The molecule has 142 valence electrons. The van der Waals surface area contributed by atoms with Crippen LogP contribution in [0.4, 0.5) is 11.4 Å². The summed E-state index contributed by atoms with van der Waals surface area (Å²) in [6, 6.07) is 10.6. The van der Waals surface area contributed by atoms with Gasteiger partial charge in [0.25, 0.3) is 5.91 Å². The van der Waals surface area contributed by atoms with Crippen molar-refractivity contribution >= 4 is 29.2 Å². The third-order valence-corrected chi connectivity index (χ3v) is 4.20. The molecule has 27 heavy (non-hydrogen) atoms. The van der Waals surface area contributed by atoms with Crippen molar-refractivity contribution in [2.75, 3.05) is 24.2 Å². The normalized spacial score (nSPS) is 10.2. The lowest BCUT2D eigenvalue weighted by Crippen LogP contribution is -2.35. The van der Waals surface area contributed by atoms with E-state index in [9.17, 15) is 14.4 Å². The van der Waals surface area contributed by atoms with E-state index in [1.807, 2.05) is 26.0 Å².